The Labute approximate surface area is 98.4 Å². The standard InChI is InChI=1S/C13H10ClFO/c1-16-13-8-9(14)6-7-11(13)10-4-2-3-5-12(10)15/h2-8H,1H3. The van der Waals surface area contributed by atoms with Gasteiger partial charge in [-0.1, -0.05) is 29.8 Å². The van der Waals surface area contributed by atoms with Crippen molar-refractivity contribution in [3.63, 3.8) is 0 Å². The molecule has 2 rings (SSSR count). The van der Waals surface area contributed by atoms with E-state index in [0.29, 0.717) is 21.9 Å². The molecule has 0 saturated carbocycles. The molecule has 0 bridgehead atoms. The van der Waals surface area contributed by atoms with Crippen LogP contribution in [-0.4, -0.2) is 7.11 Å². The minimum atomic E-state index is -0.275. The predicted molar refractivity (Wildman–Crippen MR) is 63.4 cm³/mol. The molecule has 3 heteroatoms. The van der Waals surface area contributed by atoms with Gasteiger partial charge in [-0.3, -0.25) is 0 Å². The topological polar surface area (TPSA) is 9.23 Å². The Bertz CT molecular complexity index is 511. The van der Waals surface area contributed by atoms with Gasteiger partial charge >= 0.3 is 0 Å². The molecular weight excluding hydrogens is 227 g/mol. The van der Waals surface area contributed by atoms with Crippen molar-refractivity contribution in [2.45, 2.75) is 0 Å². The van der Waals surface area contributed by atoms with E-state index in [0.717, 1.165) is 0 Å². The zero-order valence-electron chi connectivity index (χ0n) is 8.71. The van der Waals surface area contributed by atoms with Crippen molar-refractivity contribution < 1.29 is 9.13 Å². The minimum Gasteiger partial charge on any atom is -0.496 e. The normalized spacial score (nSPS) is 10.2. The molecule has 0 aliphatic heterocycles. The van der Waals surface area contributed by atoms with Crippen LogP contribution in [0.3, 0.4) is 0 Å². The molecule has 0 heterocycles. The highest BCUT2D eigenvalue weighted by molar-refractivity contribution is 6.30. The van der Waals surface area contributed by atoms with Gasteiger partial charge in [0.2, 0.25) is 0 Å². The fraction of sp³-hybridized carbons (Fsp3) is 0.0769. The van der Waals surface area contributed by atoms with Crippen LogP contribution < -0.4 is 4.74 Å². The lowest BCUT2D eigenvalue weighted by Crippen LogP contribution is -1.90. The van der Waals surface area contributed by atoms with Gasteiger partial charge in [-0.25, -0.2) is 4.39 Å². The summed E-state index contributed by atoms with van der Waals surface area (Å²) in [4.78, 5) is 0. The number of hydrogen-bond donors (Lipinski definition) is 0. The van der Waals surface area contributed by atoms with Crippen LogP contribution in [0, 0.1) is 5.82 Å². The van der Waals surface area contributed by atoms with Gasteiger partial charge in [0.15, 0.2) is 0 Å². The van der Waals surface area contributed by atoms with E-state index in [1.54, 1.807) is 36.4 Å². The van der Waals surface area contributed by atoms with E-state index in [-0.39, 0.29) is 5.82 Å². The van der Waals surface area contributed by atoms with Crippen molar-refractivity contribution in [2.75, 3.05) is 7.11 Å². The second kappa shape index (κ2) is 4.54. The zero-order chi connectivity index (χ0) is 11.5. The first kappa shape index (κ1) is 11.0. The fourth-order valence-corrected chi connectivity index (χ4v) is 1.73. The van der Waals surface area contributed by atoms with E-state index >= 15 is 0 Å². The van der Waals surface area contributed by atoms with Crippen molar-refractivity contribution >= 4 is 11.6 Å². The summed E-state index contributed by atoms with van der Waals surface area (Å²) in [6.45, 7) is 0. The van der Waals surface area contributed by atoms with Crippen LogP contribution in [0.4, 0.5) is 4.39 Å². The first-order valence-electron chi connectivity index (χ1n) is 4.81. The molecule has 0 N–H and O–H groups in total. The summed E-state index contributed by atoms with van der Waals surface area (Å²) in [6, 6.07) is 11.7. The van der Waals surface area contributed by atoms with Gasteiger partial charge in [-0.15, -0.1) is 0 Å². The minimum absolute atomic E-state index is 0.275. The van der Waals surface area contributed by atoms with Crippen LogP contribution in [0.2, 0.25) is 5.02 Å². The third-order valence-corrected chi connectivity index (χ3v) is 2.56. The largest absolute Gasteiger partial charge is 0.496 e. The van der Waals surface area contributed by atoms with Gasteiger partial charge in [0.25, 0.3) is 0 Å². The van der Waals surface area contributed by atoms with Gasteiger partial charge in [0, 0.05) is 16.1 Å². The third kappa shape index (κ3) is 2.02. The molecule has 0 unspecified atom stereocenters. The Morgan fingerprint density at radius 1 is 1.06 bits per heavy atom. The second-order valence-electron chi connectivity index (χ2n) is 3.32. The van der Waals surface area contributed by atoms with Crippen molar-refractivity contribution in [1.29, 1.82) is 0 Å². The number of hydrogen-bond acceptors (Lipinski definition) is 1. The quantitative estimate of drug-likeness (QED) is 0.761. The van der Waals surface area contributed by atoms with Crippen LogP contribution in [0.5, 0.6) is 5.75 Å². The summed E-state index contributed by atoms with van der Waals surface area (Å²) in [6.07, 6.45) is 0. The van der Waals surface area contributed by atoms with Crippen LogP contribution in [0.15, 0.2) is 42.5 Å². The Morgan fingerprint density at radius 3 is 2.50 bits per heavy atom. The van der Waals surface area contributed by atoms with E-state index in [9.17, 15) is 4.39 Å². The number of rotatable bonds is 2. The van der Waals surface area contributed by atoms with Crippen LogP contribution >= 0.6 is 11.6 Å². The smallest absolute Gasteiger partial charge is 0.131 e. The Morgan fingerprint density at radius 2 is 1.81 bits per heavy atom. The molecule has 0 amide bonds. The van der Waals surface area contributed by atoms with E-state index < -0.39 is 0 Å². The molecule has 0 spiro atoms. The molecular formula is C13H10ClFO. The fourth-order valence-electron chi connectivity index (χ4n) is 1.57. The zero-order valence-corrected chi connectivity index (χ0v) is 9.46. The van der Waals surface area contributed by atoms with Gasteiger partial charge in [0.05, 0.1) is 7.11 Å². The molecule has 0 radical (unpaired) electrons. The Kier molecular flexibility index (Phi) is 3.11. The van der Waals surface area contributed by atoms with E-state index in [2.05, 4.69) is 0 Å². The van der Waals surface area contributed by atoms with E-state index in [1.807, 2.05) is 0 Å². The lowest BCUT2D eigenvalue weighted by Gasteiger charge is -2.09. The summed E-state index contributed by atoms with van der Waals surface area (Å²) >= 11 is 5.85. The van der Waals surface area contributed by atoms with Gasteiger partial charge in [0.1, 0.15) is 11.6 Å². The number of methoxy groups -OCH3 is 1. The molecule has 0 atom stereocenters. The maximum atomic E-state index is 13.6. The summed E-state index contributed by atoms with van der Waals surface area (Å²) in [7, 11) is 1.54. The monoisotopic (exact) mass is 236 g/mol. The molecule has 2 aromatic carbocycles. The summed E-state index contributed by atoms with van der Waals surface area (Å²) < 4.78 is 18.8. The molecule has 0 saturated heterocycles. The Balaban J connectivity index is 2.60. The average molecular weight is 237 g/mol. The molecule has 0 aromatic heterocycles. The van der Waals surface area contributed by atoms with Crippen LogP contribution in [0.25, 0.3) is 11.1 Å². The van der Waals surface area contributed by atoms with Crippen molar-refractivity contribution in [3.8, 4) is 16.9 Å². The highest BCUT2D eigenvalue weighted by Crippen LogP contribution is 2.33. The molecule has 16 heavy (non-hydrogen) atoms. The Hall–Kier alpha value is -1.54. The molecule has 0 aliphatic carbocycles. The average Bonchev–Trinajstić information content (AvgIpc) is 2.30. The second-order valence-corrected chi connectivity index (χ2v) is 3.76. The van der Waals surface area contributed by atoms with E-state index in [4.69, 9.17) is 16.3 Å². The van der Waals surface area contributed by atoms with Crippen LogP contribution in [0.1, 0.15) is 0 Å². The number of halogens is 2. The lowest BCUT2D eigenvalue weighted by molar-refractivity contribution is 0.416. The maximum Gasteiger partial charge on any atom is 0.131 e. The van der Waals surface area contributed by atoms with Gasteiger partial charge in [-0.05, 0) is 24.3 Å². The summed E-state index contributed by atoms with van der Waals surface area (Å²) in [5.74, 6) is 0.292. The summed E-state index contributed by atoms with van der Waals surface area (Å²) in [5.41, 5.74) is 1.21. The third-order valence-electron chi connectivity index (χ3n) is 2.33. The lowest BCUT2D eigenvalue weighted by atomic mass is 10.0. The molecule has 82 valence electrons. The highest BCUT2D eigenvalue weighted by Gasteiger charge is 2.09. The maximum absolute atomic E-state index is 13.6. The van der Waals surface area contributed by atoms with Gasteiger partial charge in [-0.2, -0.15) is 0 Å². The molecule has 0 fully saturated rings. The molecule has 1 nitrogen and oxygen atoms in total. The number of benzene rings is 2. The summed E-state index contributed by atoms with van der Waals surface area (Å²) in [5, 5.41) is 0.567. The number of ether oxygens (including phenoxy) is 1. The SMILES string of the molecule is COc1cc(Cl)ccc1-c1ccccc1F. The van der Waals surface area contributed by atoms with Crippen LogP contribution in [-0.2, 0) is 0 Å². The van der Waals surface area contributed by atoms with Crippen molar-refractivity contribution in [3.05, 3.63) is 53.3 Å². The predicted octanol–water partition coefficient (Wildman–Crippen LogP) is 4.15. The van der Waals surface area contributed by atoms with Gasteiger partial charge < -0.3 is 4.74 Å². The van der Waals surface area contributed by atoms with Crippen molar-refractivity contribution in [2.24, 2.45) is 0 Å². The first-order valence-corrected chi connectivity index (χ1v) is 5.18. The molecule has 2 aromatic rings. The molecule has 0 aliphatic rings. The highest BCUT2D eigenvalue weighted by atomic mass is 35.5. The van der Waals surface area contributed by atoms with Crippen molar-refractivity contribution in [1.82, 2.24) is 0 Å². The van der Waals surface area contributed by atoms with E-state index in [1.165, 1.54) is 13.2 Å². The first-order chi connectivity index (χ1) is 7.72.